The van der Waals surface area contributed by atoms with E-state index >= 15 is 0 Å². The molecule has 4 nitrogen and oxygen atoms in total. The molecule has 0 spiro atoms. The minimum atomic E-state index is -4.43. The van der Waals surface area contributed by atoms with Crippen LogP contribution in [0, 0.1) is 0 Å². The van der Waals surface area contributed by atoms with Crippen molar-refractivity contribution in [3.8, 4) is 0 Å². The van der Waals surface area contributed by atoms with Crippen LogP contribution in [0.4, 0.5) is 13.2 Å². The van der Waals surface area contributed by atoms with E-state index in [0.29, 0.717) is 17.8 Å². The number of nitrogens with two attached hydrogens (primary N) is 1. The van der Waals surface area contributed by atoms with Gasteiger partial charge in [0.1, 0.15) is 11.3 Å². The van der Waals surface area contributed by atoms with Gasteiger partial charge in [0.2, 0.25) is 5.89 Å². The van der Waals surface area contributed by atoms with Crippen molar-refractivity contribution >= 4 is 16.7 Å². The smallest absolute Gasteiger partial charge is 0.416 e. The van der Waals surface area contributed by atoms with Crippen LogP contribution in [-0.2, 0) is 10.9 Å². The van der Waals surface area contributed by atoms with Gasteiger partial charge in [-0.3, -0.25) is 0 Å². The van der Waals surface area contributed by atoms with Gasteiger partial charge in [0.25, 0.3) is 0 Å². The van der Waals surface area contributed by atoms with Gasteiger partial charge in [-0.05, 0) is 50.3 Å². The monoisotopic (exact) mass is 366 g/mol. The summed E-state index contributed by atoms with van der Waals surface area (Å²) < 4.78 is 50.4. The molecule has 2 aromatic rings. The number of benzene rings is 1. The molecule has 140 valence electrons. The average Bonchev–Trinajstić information content (AvgIpc) is 3.25. The number of oxazole rings is 1. The van der Waals surface area contributed by atoms with Gasteiger partial charge in [-0.25, -0.2) is 4.98 Å². The molecule has 0 amide bonds. The van der Waals surface area contributed by atoms with Crippen LogP contribution in [0.25, 0.3) is 16.7 Å². The molecular formula is C19H21F3N2O2. The fourth-order valence-electron chi connectivity index (χ4n) is 3.09. The first-order valence-corrected chi connectivity index (χ1v) is 8.69. The summed E-state index contributed by atoms with van der Waals surface area (Å²) in [6, 6.07) is 3.24. The lowest BCUT2D eigenvalue weighted by Gasteiger charge is -2.16. The van der Waals surface area contributed by atoms with Crippen molar-refractivity contribution in [2.45, 2.75) is 51.3 Å². The Morgan fingerprint density at radius 1 is 1.35 bits per heavy atom. The number of aromatic nitrogens is 1. The largest absolute Gasteiger partial charge is 0.488 e. The lowest BCUT2D eigenvalue weighted by Crippen LogP contribution is -2.10. The fourth-order valence-corrected chi connectivity index (χ4v) is 3.09. The van der Waals surface area contributed by atoms with Gasteiger partial charge < -0.3 is 14.9 Å². The zero-order chi connectivity index (χ0) is 18.7. The average molecular weight is 366 g/mol. The van der Waals surface area contributed by atoms with E-state index in [4.69, 9.17) is 14.9 Å². The van der Waals surface area contributed by atoms with Gasteiger partial charge in [-0.1, -0.05) is 13.0 Å². The van der Waals surface area contributed by atoms with Crippen LogP contribution in [0.15, 0.2) is 40.7 Å². The van der Waals surface area contributed by atoms with Crippen LogP contribution in [0.1, 0.15) is 50.5 Å². The first-order chi connectivity index (χ1) is 12.4. The Morgan fingerprint density at radius 3 is 2.69 bits per heavy atom. The van der Waals surface area contributed by atoms with Gasteiger partial charge in [-0.15, -0.1) is 0 Å². The maximum atomic E-state index is 12.9. The number of nitrogens with zero attached hydrogens (tertiary/aromatic N) is 1. The van der Waals surface area contributed by atoms with Crippen molar-refractivity contribution in [2.24, 2.45) is 5.73 Å². The number of allylic oxidation sites excluding steroid dienone is 2. The zero-order valence-corrected chi connectivity index (χ0v) is 14.5. The van der Waals surface area contributed by atoms with Crippen LogP contribution >= 0.6 is 0 Å². The van der Waals surface area contributed by atoms with E-state index in [1.807, 2.05) is 13.0 Å². The molecule has 1 aromatic heterocycles. The van der Waals surface area contributed by atoms with E-state index in [-0.39, 0.29) is 23.1 Å². The molecule has 0 aliphatic heterocycles. The molecule has 1 heterocycles. The molecule has 2 N–H and O–H groups in total. The first-order valence-electron chi connectivity index (χ1n) is 8.69. The van der Waals surface area contributed by atoms with Crippen molar-refractivity contribution in [3.63, 3.8) is 0 Å². The van der Waals surface area contributed by atoms with Gasteiger partial charge in [0.05, 0.1) is 17.2 Å². The molecule has 1 saturated carbocycles. The maximum Gasteiger partial charge on any atom is 0.416 e. The van der Waals surface area contributed by atoms with Crippen molar-refractivity contribution in [1.29, 1.82) is 0 Å². The lowest BCUT2D eigenvalue weighted by molar-refractivity contribution is -0.137. The molecule has 0 saturated heterocycles. The van der Waals surface area contributed by atoms with Gasteiger partial charge in [-0.2, -0.15) is 13.2 Å². The standard InChI is InChI=1S/C19H21F3N2O2/c1-2-5-14(17(11-23)25-13-6-3-4-7-13)18-24-15-10-12(19(20,21)22)8-9-16(15)26-18/h5,8-11,13H,2-4,6-7,23H2,1H3/b14-5+,17-11+. The molecule has 0 bridgehead atoms. The Bertz CT molecular complexity index is 831. The Labute approximate surface area is 149 Å². The third-order valence-corrected chi connectivity index (χ3v) is 4.37. The maximum absolute atomic E-state index is 12.9. The summed E-state index contributed by atoms with van der Waals surface area (Å²) in [5, 5.41) is 0. The van der Waals surface area contributed by atoms with Crippen LogP contribution < -0.4 is 5.73 Å². The number of fused-ring (bicyclic) bond motifs is 1. The van der Waals surface area contributed by atoms with Crippen LogP contribution in [0.2, 0.25) is 0 Å². The predicted molar refractivity (Wildman–Crippen MR) is 92.9 cm³/mol. The number of alkyl halides is 3. The topological polar surface area (TPSA) is 61.3 Å². The third kappa shape index (κ3) is 3.86. The summed E-state index contributed by atoms with van der Waals surface area (Å²) in [4.78, 5) is 4.24. The summed E-state index contributed by atoms with van der Waals surface area (Å²) in [6.07, 6.45) is 3.68. The quantitative estimate of drug-likeness (QED) is 0.568. The number of ether oxygens (including phenoxy) is 1. The highest BCUT2D eigenvalue weighted by molar-refractivity contribution is 5.80. The predicted octanol–water partition coefficient (Wildman–Crippen LogP) is 5.40. The summed E-state index contributed by atoms with van der Waals surface area (Å²) in [5.41, 5.74) is 5.98. The summed E-state index contributed by atoms with van der Waals surface area (Å²) in [5.74, 6) is 0.650. The van der Waals surface area contributed by atoms with Crippen LogP contribution in [-0.4, -0.2) is 11.1 Å². The molecule has 0 radical (unpaired) electrons. The summed E-state index contributed by atoms with van der Waals surface area (Å²) in [6.45, 7) is 1.94. The lowest BCUT2D eigenvalue weighted by atomic mass is 10.1. The summed E-state index contributed by atoms with van der Waals surface area (Å²) >= 11 is 0. The van der Waals surface area contributed by atoms with Crippen molar-refractivity contribution in [2.75, 3.05) is 0 Å². The van der Waals surface area contributed by atoms with E-state index < -0.39 is 11.7 Å². The number of hydrogen-bond acceptors (Lipinski definition) is 4. The molecule has 1 aliphatic carbocycles. The Morgan fingerprint density at radius 2 is 2.08 bits per heavy atom. The molecule has 3 rings (SSSR count). The van der Waals surface area contributed by atoms with Crippen molar-refractivity contribution in [1.82, 2.24) is 4.98 Å². The minimum absolute atomic E-state index is 0.0891. The van der Waals surface area contributed by atoms with Crippen LogP contribution in [0.3, 0.4) is 0 Å². The van der Waals surface area contributed by atoms with E-state index in [1.165, 1.54) is 12.3 Å². The molecular weight excluding hydrogens is 345 g/mol. The highest BCUT2D eigenvalue weighted by Gasteiger charge is 2.31. The second-order valence-corrected chi connectivity index (χ2v) is 6.28. The number of halogens is 3. The molecule has 1 aromatic carbocycles. The second-order valence-electron chi connectivity index (χ2n) is 6.28. The Hall–Kier alpha value is -2.44. The molecule has 7 heteroatoms. The zero-order valence-electron chi connectivity index (χ0n) is 14.5. The van der Waals surface area contributed by atoms with Gasteiger partial charge >= 0.3 is 6.18 Å². The minimum Gasteiger partial charge on any atom is -0.488 e. The fraction of sp³-hybridized carbons (Fsp3) is 0.421. The van der Waals surface area contributed by atoms with Crippen molar-refractivity contribution < 1.29 is 22.3 Å². The van der Waals surface area contributed by atoms with Gasteiger partial charge in [0, 0.05) is 6.20 Å². The highest BCUT2D eigenvalue weighted by atomic mass is 19.4. The van der Waals surface area contributed by atoms with E-state index in [1.54, 1.807) is 0 Å². The second kappa shape index (κ2) is 7.43. The highest BCUT2D eigenvalue weighted by Crippen LogP contribution is 2.34. The number of hydrogen-bond donors (Lipinski definition) is 1. The first kappa shape index (κ1) is 18.4. The number of rotatable bonds is 5. The Kier molecular flexibility index (Phi) is 5.25. The SMILES string of the molecule is CC/C=C(\C(=C/N)OC1CCCC1)c1nc2cc(C(F)(F)F)ccc2o1. The normalized spacial score (nSPS) is 17.2. The summed E-state index contributed by atoms with van der Waals surface area (Å²) in [7, 11) is 0. The van der Waals surface area contributed by atoms with E-state index in [2.05, 4.69) is 4.98 Å². The Balaban J connectivity index is 1.95. The van der Waals surface area contributed by atoms with Gasteiger partial charge in [0.15, 0.2) is 5.58 Å². The van der Waals surface area contributed by atoms with E-state index in [9.17, 15) is 13.2 Å². The molecule has 1 fully saturated rings. The third-order valence-electron chi connectivity index (χ3n) is 4.37. The molecule has 0 atom stereocenters. The van der Waals surface area contributed by atoms with E-state index in [0.717, 1.165) is 37.8 Å². The van der Waals surface area contributed by atoms with Crippen molar-refractivity contribution in [3.05, 3.63) is 47.7 Å². The molecule has 26 heavy (non-hydrogen) atoms. The molecule has 0 unspecified atom stereocenters. The van der Waals surface area contributed by atoms with Crippen LogP contribution in [0.5, 0.6) is 0 Å². The molecule has 1 aliphatic rings.